The van der Waals surface area contributed by atoms with Crippen molar-refractivity contribution in [1.82, 2.24) is 15.0 Å². The zero-order valence-corrected chi connectivity index (χ0v) is 26.0. The molecule has 0 aliphatic carbocycles. The van der Waals surface area contributed by atoms with E-state index in [1.54, 1.807) is 0 Å². The van der Waals surface area contributed by atoms with Gasteiger partial charge in [0.1, 0.15) is 0 Å². The standard InChI is InChI=1S/C43H25N3S/c1-3-13-30-28(11-1)39(37-18-9-17-35(45-37)26-22-24-44-25-23-26)29-12-2-4-14-31(29)40(30)42-34-21-20-32-27-10-6-8-19-38(27)47-43(32)41(34)33-15-5-7-16-36(33)46-42/h1-25H. The van der Waals surface area contributed by atoms with Crippen LogP contribution in [-0.2, 0) is 0 Å². The van der Waals surface area contributed by atoms with Crippen molar-refractivity contribution in [3.63, 3.8) is 0 Å². The Morgan fingerprint density at radius 1 is 0.404 bits per heavy atom. The van der Waals surface area contributed by atoms with E-state index in [0.717, 1.165) is 60.8 Å². The van der Waals surface area contributed by atoms with Gasteiger partial charge in [0, 0.05) is 65.4 Å². The van der Waals surface area contributed by atoms with Crippen molar-refractivity contribution in [2.24, 2.45) is 0 Å². The Kier molecular flexibility index (Phi) is 5.74. The van der Waals surface area contributed by atoms with Gasteiger partial charge in [-0.1, -0.05) is 103 Å². The van der Waals surface area contributed by atoms with E-state index >= 15 is 0 Å². The van der Waals surface area contributed by atoms with Crippen molar-refractivity contribution >= 4 is 74.7 Å². The Morgan fingerprint density at radius 2 is 1.00 bits per heavy atom. The number of nitrogens with zero attached hydrogens (tertiary/aromatic N) is 3. The van der Waals surface area contributed by atoms with Crippen LogP contribution < -0.4 is 0 Å². The molecular weight excluding hydrogens is 591 g/mol. The molecule has 6 aromatic carbocycles. The molecule has 0 atom stereocenters. The van der Waals surface area contributed by atoms with E-state index in [2.05, 4.69) is 132 Å². The summed E-state index contributed by atoms with van der Waals surface area (Å²) in [5.74, 6) is 0. The maximum Gasteiger partial charge on any atom is 0.0801 e. The lowest BCUT2D eigenvalue weighted by Gasteiger charge is -2.19. The molecule has 0 spiro atoms. The molecule has 10 aromatic rings. The Balaban J connectivity index is 1.34. The van der Waals surface area contributed by atoms with E-state index in [1.165, 1.54) is 36.3 Å². The number of hydrogen-bond acceptors (Lipinski definition) is 4. The number of fused-ring (bicyclic) bond motifs is 9. The summed E-state index contributed by atoms with van der Waals surface area (Å²) in [6.07, 6.45) is 3.63. The van der Waals surface area contributed by atoms with Gasteiger partial charge in [-0.3, -0.25) is 4.98 Å². The number of pyridine rings is 3. The maximum absolute atomic E-state index is 5.47. The average Bonchev–Trinajstić information content (AvgIpc) is 3.53. The Bertz CT molecular complexity index is 2800. The van der Waals surface area contributed by atoms with Gasteiger partial charge in [0.15, 0.2) is 0 Å². The Morgan fingerprint density at radius 3 is 1.74 bits per heavy atom. The molecule has 0 aliphatic rings. The van der Waals surface area contributed by atoms with Gasteiger partial charge in [-0.25, -0.2) is 9.97 Å². The molecule has 0 bridgehead atoms. The molecular formula is C43H25N3S. The summed E-state index contributed by atoms with van der Waals surface area (Å²) >= 11 is 1.88. The van der Waals surface area contributed by atoms with Crippen molar-refractivity contribution in [2.45, 2.75) is 0 Å². The van der Waals surface area contributed by atoms with E-state index < -0.39 is 0 Å². The Labute approximate surface area is 274 Å². The van der Waals surface area contributed by atoms with E-state index in [0.29, 0.717) is 0 Å². The van der Waals surface area contributed by atoms with Crippen LogP contribution in [0.4, 0.5) is 0 Å². The highest BCUT2D eigenvalue weighted by Gasteiger charge is 2.22. The summed E-state index contributed by atoms with van der Waals surface area (Å²) in [4.78, 5) is 14.9. The first-order chi connectivity index (χ1) is 23.3. The van der Waals surface area contributed by atoms with Gasteiger partial charge >= 0.3 is 0 Å². The van der Waals surface area contributed by atoms with Crippen molar-refractivity contribution in [3.05, 3.63) is 152 Å². The largest absolute Gasteiger partial charge is 0.265 e. The summed E-state index contributed by atoms with van der Waals surface area (Å²) < 4.78 is 2.62. The number of thiophene rings is 1. The molecule has 10 rings (SSSR count). The minimum atomic E-state index is 0.927. The molecule has 0 saturated carbocycles. The third kappa shape index (κ3) is 3.95. The normalized spacial score (nSPS) is 11.8. The van der Waals surface area contributed by atoms with E-state index in [4.69, 9.17) is 9.97 Å². The third-order valence-corrected chi connectivity index (χ3v) is 10.6. The molecule has 0 radical (unpaired) electrons. The van der Waals surface area contributed by atoms with Gasteiger partial charge in [-0.15, -0.1) is 11.3 Å². The van der Waals surface area contributed by atoms with Gasteiger partial charge < -0.3 is 0 Å². The molecule has 4 heteroatoms. The lowest BCUT2D eigenvalue weighted by atomic mass is 9.87. The summed E-state index contributed by atoms with van der Waals surface area (Å²) in [6, 6.07) is 49.7. The van der Waals surface area contributed by atoms with Crippen molar-refractivity contribution in [2.75, 3.05) is 0 Å². The lowest BCUT2D eigenvalue weighted by molar-refractivity contribution is 1.29. The smallest absolute Gasteiger partial charge is 0.0801 e. The molecule has 4 heterocycles. The monoisotopic (exact) mass is 615 g/mol. The van der Waals surface area contributed by atoms with Crippen molar-refractivity contribution in [1.29, 1.82) is 0 Å². The fourth-order valence-electron chi connectivity index (χ4n) is 7.32. The highest BCUT2D eigenvalue weighted by Crippen LogP contribution is 2.48. The first-order valence-corrected chi connectivity index (χ1v) is 16.6. The molecule has 0 unspecified atom stereocenters. The number of aromatic nitrogens is 3. The molecule has 0 N–H and O–H groups in total. The van der Waals surface area contributed by atoms with Crippen LogP contribution in [0.25, 0.3) is 97.2 Å². The summed E-state index contributed by atoms with van der Waals surface area (Å²) in [7, 11) is 0. The van der Waals surface area contributed by atoms with Crippen molar-refractivity contribution in [3.8, 4) is 33.8 Å². The first kappa shape index (κ1) is 26.3. The first-order valence-electron chi connectivity index (χ1n) is 15.8. The van der Waals surface area contributed by atoms with Crippen LogP contribution in [0.15, 0.2) is 152 Å². The van der Waals surface area contributed by atoms with Crippen molar-refractivity contribution < 1.29 is 0 Å². The highest BCUT2D eigenvalue weighted by molar-refractivity contribution is 7.26. The van der Waals surface area contributed by atoms with E-state index in [1.807, 2.05) is 35.9 Å². The zero-order chi connectivity index (χ0) is 30.9. The average molecular weight is 616 g/mol. The molecule has 4 aromatic heterocycles. The van der Waals surface area contributed by atoms with Gasteiger partial charge in [0.05, 0.1) is 22.6 Å². The van der Waals surface area contributed by atoms with Gasteiger partial charge in [0.25, 0.3) is 0 Å². The number of rotatable bonds is 3. The maximum atomic E-state index is 5.47. The fraction of sp³-hybridized carbons (Fsp3) is 0. The van der Waals surface area contributed by atoms with Crippen LogP contribution in [0.3, 0.4) is 0 Å². The van der Waals surface area contributed by atoms with Gasteiger partial charge in [0.2, 0.25) is 0 Å². The summed E-state index contributed by atoms with van der Waals surface area (Å²) in [5, 5.41) is 10.9. The minimum Gasteiger partial charge on any atom is -0.265 e. The Hall–Kier alpha value is -5.97. The number of hydrogen-bond donors (Lipinski definition) is 0. The zero-order valence-electron chi connectivity index (χ0n) is 25.2. The van der Waals surface area contributed by atoms with Crippen LogP contribution in [0.1, 0.15) is 0 Å². The molecule has 0 fully saturated rings. The van der Waals surface area contributed by atoms with Crippen LogP contribution in [0, 0.1) is 0 Å². The quantitative estimate of drug-likeness (QED) is 0.147. The molecule has 218 valence electrons. The molecule has 3 nitrogen and oxygen atoms in total. The molecule has 0 amide bonds. The van der Waals surface area contributed by atoms with Crippen LogP contribution in [-0.4, -0.2) is 15.0 Å². The number of para-hydroxylation sites is 1. The summed E-state index contributed by atoms with van der Waals surface area (Å²) in [6.45, 7) is 0. The number of benzene rings is 6. The summed E-state index contributed by atoms with van der Waals surface area (Å²) in [5.41, 5.74) is 7.22. The molecule has 0 saturated heterocycles. The van der Waals surface area contributed by atoms with Crippen LogP contribution in [0.2, 0.25) is 0 Å². The van der Waals surface area contributed by atoms with E-state index in [-0.39, 0.29) is 0 Å². The minimum absolute atomic E-state index is 0.927. The van der Waals surface area contributed by atoms with Gasteiger partial charge in [-0.2, -0.15) is 0 Å². The predicted molar refractivity (Wildman–Crippen MR) is 199 cm³/mol. The highest BCUT2D eigenvalue weighted by atomic mass is 32.1. The second-order valence-corrected chi connectivity index (χ2v) is 13.0. The second-order valence-electron chi connectivity index (χ2n) is 11.9. The molecule has 47 heavy (non-hydrogen) atoms. The van der Waals surface area contributed by atoms with Crippen LogP contribution >= 0.6 is 11.3 Å². The fourth-order valence-corrected chi connectivity index (χ4v) is 8.59. The van der Waals surface area contributed by atoms with Gasteiger partial charge in [-0.05, 0) is 57.9 Å². The third-order valence-electron chi connectivity index (χ3n) is 9.36. The van der Waals surface area contributed by atoms with E-state index in [9.17, 15) is 0 Å². The SMILES string of the molecule is c1cc(-c2ccncc2)nc(-c2c3ccccc3c(-c3nc4ccccc4c4c3ccc3c5ccccc5sc34)c3ccccc23)c1. The molecule has 0 aliphatic heterocycles. The predicted octanol–water partition coefficient (Wildman–Crippen LogP) is 11.9. The topological polar surface area (TPSA) is 38.7 Å². The van der Waals surface area contributed by atoms with Crippen LogP contribution in [0.5, 0.6) is 0 Å². The lowest BCUT2D eigenvalue weighted by Crippen LogP contribution is -1.96. The second kappa shape index (κ2) is 10.3.